The summed E-state index contributed by atoms with van der Waals surface area (Å²) in [7, 11) is 0. The number of nitrogens with zero attached hydrogens (tertiary/aromatic N) is 4. The second-order valence-corrected chi connectivity index (χ2v) is 4.95. The molecule has 1 saturated heterocycles. The van der Waals surface area contributed by atoms with Gasteiger partial charge in [0.1, 0.15) is 17.8 Å². The summed E-state index contributed by atoms with van der Waals surface area (Å²) < 4.78 is 8.72. The lowest BCUT2D eigenvalue weighted by atomic mass is 10.2. The number of nitrogens with one attached hydrogen (secondary N) is 1. The third-order valence-electron chi connectivity index (χ3n) is 3.63. The molecule has 4 N–H and O–H groups in total. The smallest absolute Gasteiger partial charge is 0.167 e. The molecule has 21 heavy (non-hydrogen) atoms. The molecule has 0 aromatic carbocycles. The van der Waals surface area contributed by atoms with Gasteiger partial charge in [-0.15, -0.1) is 0 Å². The van der Waals surface area contributed by atoms with Crippen LogP contribution < -0.4 is 5.49 Å². The van der Waals surface area contributed by atoms with E-state index in [0.29, 0.717) is 17.6 Å². The van der Waals surface area contributed by atoms with Crippen molar-refractivity contribution < 1.29 is 20.1 Å². The van der Waals surface area contributed by atoms with Crippen LogP contribution in [0.1, 0.15) is 12.6 Å². The highest BCUT2D eigenvalue weighted by Crippen LogP contribution is 2.29. The lowest BCUT2D eigenvalue weighted by Crippen LogP contribution is -2.24. The van der Waals surface area contributed by atoms with E-state index in [2.05, 4.69) is 9.97 Å². The van der Waals surface area contributed by atoms with Gasteiger partial charge in [0.15, 0.2) is 11.1 Å². The van der Waals surface area contributed by atoms with Gasteiger partial charge in [-0.05, 0) is 0 Å². The first-order valence-corrected chi connectivity index (χ1v) is 6.67. The maximum absolute atomic E-state index is 9.79. The zero-order chi connectivity index (χ0) is 15.0. The van der Waals surface area contributed by atoms with E-state index >= 15 is 0 Å². The standard InChI is InChI=1S/C12H17N5O4/c13-11-10-12(15-5-16(11)1-2-18)17(6-14-10)9-3-7(20)8(4-19)21-9/h5-9,13,18-20H,1-4H2/t7-,8+,9+/m0/s1. The number of aromatic nitrogens is 4. The van der Waals surface area contributed by atoms with Gasteiger partial charge < -0.3 is 24.6 Å². The van der Waals surface area contributed by atoms with E-state index in [-0.39, 0.29) is 25.2 Å². The van der Waals surface area contributed by atoms with Crippen molar-refractivity contribution in [3.8, 4) is 0 Å². The monoisotopic (exact) mass is 295 g/mol. The Morgan fingerprint density at radius 3 is 2.81 bits per heavy atom. The van der Waals surface area contributed by atoms with Crippen molar-refractivity contribution in [3.63, 3.8) is 0 Å². The van der Waals surface area contributed by atoms with Gasteiger partial charge in [0, 0.05) is 13.0 Å². The van der Waals surface area contributed by atoms with E-state index in [1.807, 2.05) is 0 Å². The van der Waals surface area contributed by atoms with Gasteiger partial charge >= 0.3 is 0 Å². The fraction of sp³-hybridized carbons (Fsp3) is 0.583. The van der Waals surface area contributed by atoms with Gasteiger partial charge in [-0.2, -0.15) is 0 Å². The highest BCUT2D eigenvalue weighted by Gasteiger charge is 2.35. The molecular weight excluding hydrogens is 278 g/mol. The molecule has 2 aromatic rings. The number of aliphatic hydroxyl groups is 3. The van der Waals surface area contributed by atoms with E-state index < -0.39 is 18.4 Å². The van der Waals surface area contributed by atoms with E-state index in [4.69, 9.17) is 20.4 Å². The first-order valence-electron chi connectivity index (χ1n) is 6.67. The average Bonchev–Trinajstić information content (AvgIpc) is 3.05. The van der Waals surface area contributed by atoms with Crippen LogP contribution in [-0.4, -0.2) is 59.8 Å². The minimum Gasteiger partial charge on any atom is -0.395 e. The third kappa shape index (κ3) is 2.33. The average molecular weight is 295 g/mol. The minimum atomic E-state index is -0.740. The fourth-order valence-corrected chi connectivity index (χ4v) is 2.51. The van der Waals surface area contributed by atoms with Crippen LogP contribution in [0.5, 0.6) is 0 Å². The molecule has 0 spiro atoms. The summed E-state index contributed by atoms with van der Waals surface area (Å²) in [6.45, 7) is -0.0572. The van der Waals surface area contributed by atoms with E-state index in [1.165, 1.54) is 17.2 Å². The molecule has 0 amide bonds. The molecule has 0 aliphatic carbocycles. The molecule has 0 unspecified atom stereocenters. The van der Waals surface area contributed by atoms with Crippen molar-refractivity contribution in [3.05, 3.63) is 18.1 Å². The van der Waals surface area contributed by atoms with Crippen LogP contribution in [0.15, 0.2) is 12.7 Å². The fourth-order valence-electron chi connectivity index (χ4n) is 2.51. The number of hydrogen-bond acceptors (Lipinski definition) is 7. The molecule has 3 atom stereocenters. The minimum absolute atomic E-state index is 0.0828. The summed E-state index contributed by atoms with van der Waals surface area (Å²) in [5.41, 5.74) is 1.03. The Morgan fingerprint density at radius 2 is 2.14 bits per heavy atom. The van der Waals surface area contributed by atoms with Crippen molar-refractivity contribution in [2.24, 2.45) is 0 Å². The Kier molecular flexibility index (Phi) is 3.72. The number of aliphatic hydroxyl groups excluding tert-OH is 3. The molecule has 114 valence electrons. The lowest BCUT2D eigenvalue weighted by molar-refractivity contribution is -0.0432. The quantitative estimate of drug-likeness (QED) is 0.534. The summed E-state index contributed by atoms with van der Waals surface area (Å²) in [4.78, 5) is 8.42. The third-order valence-corrected chi connectivity index (χ3v) is 3.63. The summed E-state index contributed by atoms with van der Waals surface area (Å²) in [5, 5.41) is 35.9. The highest BCUT2D eigenvalue weighted by atomic mass is 16.5. The second kappa shape index (κ2) is 5.53. The van der Waals surface area contributed by atoms with Crippen LogP contribution in [0.25, 0.3) is 11.2 Å². The van der Waals surface area contributed by atoms with Crippen molar-refractivity contribution in [1.29, 1.82) is 5.41 Å². The Balaban J connectivity index is 1.98. The Bertz CT molecular complexity index is 697. The predicted octanol–water partition coefficient (Wildman–Crippen LogP) is -1.65. The van der Waals surface area contributed by atoms with Crippen LogP contribution >= 0.6 is 0 Å². The van der Waals surface area contributed by atoms with E-state index in [1.54, 1.807) is 4.57 Å². The van der Waals surface area contributed by atoms with Gasteiger partial charge in [-0.1, -0.05) is 0 Å². The maximum Gasteiger partial charge on any atom is 0.167 e. The van der Waals surface area contributed by atoms with Gasteiger partial charge in [0.05, 0.1) is 32.0 Å². The van der Waals surface area contributed by atoms with Crippen molar-refractivity contribution in [1.82, 2.24) is 19.1 Å². The normalized spacial score (nSPS) is 25.8. The van der Waals surface area contributed by atoms with Crippen molar-refractivity contribution in [2.45, 2.75) is 31.4 Å². The largest absolute Gasteiger partial charge is 0.395 e. The lowest BCUT2D eigenvalue weighted by Gasteiger charge is -2.13. The first kappa shape index (κ1) is 14.1. The summed E-state index contributed by atoms with van der Waals surface area (Å²) in [5.74, 6) is 0. The van der Waals surface area contributed by atoms with E-state index in [0.717, 1.165) is 0 Å². The topological polar surface area (TPSA) is 129 Å². The second-order valence-electron chi connectivity index (χ2n) is 4.95. The van der Waals surface area contributed by atoms with Gasteiger partial charge in [-0.25, -0.2) is 9.97 Å². The summed E-state index contributed by atoms with van der Waals surface area (Å²) in [6, 6.07) is 0. The summed E-state index contributed by atoms with van der Waals surface area (Å²) in [6.07, 6.45) is 1.48. The van der Waals surface area contributed by atoms with E-state index in [9.17, 15) is 5.11 Å². The Morgan fingerprint density at radius 1 is 1.33 bits per heavy atom. The molecule has 3 rings (SSSR count). The van der Waals surface area contributed by atoms with Crippen LogP contribution in [0.4, 0.5) is 0 Å². The summed E-state index contributed by atoms with van der Waals surface area (Å²) >= 11 is 0. The molecule has 0 saturated carbocycles. The SMILES string of the molecule is N=c1c2ncn([C@H]3C[C@H](O)[C@@H](CO)O3)c2ncn1CCO. The molecule has 1 fully saturated rings. The number of imidazole rings is 1. The zero-order valence-electron chi connectivity index (χ0n) is 11.3. The zero-order valence-corrected chi connectivity index (χ0v) is 11.3. The molecule has 0 bridgehead atoms. The van der Waals surface area contributed by atoms with Crippen LogP contribution in [-0.2, 0) is 11.3 Å². The van der Waals surface area contributed by atoms with Gasteiger partial charge in [-0.3, -0.25) is 9.98 Å². The molecular formula is C12H17N5O4. The predicted molar refractivity (Wildman–Crippen MR) is 70.1 cm³/mol. The Labute approximate surface area is 119 Å². The molecule has 3 heterocycles. The van der Waals surface area contributed by atoms with Gasteiger partial charge in [0.25, 0.3) is 0 Å². The van der Waals surface area contributed by atoms with Gasteiger partial charge in [0.2, 0.25) is 0 Å². The molecule has 9 nitrogen and oxygen atoms in total. The van der Waals surface area contributed by atoms with Crippen LogP contribution in [0.2, 0.25) is 0 Å². The molecule has 0 radical (unpaired) electrons. The number of fused-ring (bicyclic) bond motifs is 1. The molecule has 1 aliphatic heterocycles. The van der Waals surface area contributed by atoms with Crippen LogP contribution in [0, 0.1) is 5.41 Å². The molecule has 9 heteroatoms. The molecule has 1 aliphatic rings. The van der Waals surface area contributed by atoms with Crippen LogP contribution in [0.3, 0.4) is 0 Å². The Hall–Kier alpha value is -1.81. The maximum atomic E-state index is 9.79. The highest BCUT2D eigenvalue weighted by molar-refractivity contribution is 5.68. The number of ether oxygens (including phenoxy) is 1. The van der Waals surface area contributed by atoms with Crippen molar-refractivity contribution in [2.75, 3.05) is 13.2 Å². The first-order chi connectivity index (χ1) is 10.2. The number of rotatable bonds is 4. The molecule has 2 aromatic heterocycles. The number of hydrogen-bond donors (Lipinski definition) is 4. The van der Waals surface area contributed by atoms with Crippen molar-refractivity contribution >= 4 is 11.2 Å².